The van der Waals surface area contributed by atoms with Crippen LogP contribution in [0.4, 0.5) is 17.5 Å². The van der Waals surface area contributed by atoms with E-state index in [2.05, 4.69) is 32.7 Å². The summed E-state index contributed by atoms with van der Waals surface area (Å²) in [7, 11) is 0. The molecule has 0 atom stereocenters. The number of nitrogens with zero attached hydrogens (tertiary/aromatic N) is 3. The molecule has 1 amide bonds. The maximum absolute atomic E-state index is 12.6. The highest BCUT2D eigenvalue weighted by Gasteiger charge is 2.20. The van der Waals surface area contributed by atoms with Gasteiger partial charge in [-0.15, -0.1) is 0 Å². The van der Waals surface area contributed by atoms with Gasteiger partial charge in [0.25, 0.3) is 5.91 Å². The average molecular weight is 379 g/mol. The predicted molar refractivity (Wildman–Crippen MR) is 108 cm³/mol. The number of aryl methyl sites for hydroxylation is 1. The number of nitrogens with two attached hydrogens (primary N) is 2. The highest BCUT2D eigenvalue weighted by molar-refractivity contribution is 6.00. The van der Waals surface area contributed by atoms with E-state index in [-0.39, 0.29) is 16.8 Å². The fraction of sp³-hybridized carbons (Fsp3) is 0.263. The second kappa shape index (κ2) is 6.93. The second-order valence-corrected chi connectivity index (χ2v) is 6.66. The summed E-state index contributed by atoms with van der Waals surface area (Å²) in [5.41, 5.74) is 14.3. The molecule has 0 saturated heterocycles. The van der Waals surface area contributed by atoms with E-state index >= 15 is 0 Å². The first-order valence-corrected chi connectivity index (χ1v) is 9.08. The normalized spacial score (nSPS) is 13.3. The fourth-order valence-electron chi connectivity index (χ4n) is 3.54. The van der Waals surface area contributed by atoms with Crippen molar-refractivity contribution in [2.45, 2.75) is 26.4 Å². The Morgan fingerprint density at radius 1 is 1.36 bits per heavy atom. The van der Waals surface area contributed by atoms with E-state index in [4.69, 9.17) is 11.5 Å². The first kappa shape index (κ1) is 17.9. The van der Waals surface area contributed by atoms with Gasteiger partial charge in [0.1, 0.15) is 11.4 Å². The first-order valence-electron chi connectivity index (χ1n) is 9.08. The fourth-order valence-corrected chi connectivity index (χ4v) is 3.54. The minimum absolute atomic E-state index is 0.0124. The van der Waals surface area contributed by atoms with Crippen molar-refractivity contribution in [3.05, 3.63) is 51.3 Å². The van der Waals surface area contributed by atoms with Gasteiger partial charge in [0.2, 0.25) is 11.4 Å². The summed E-state index contributed by atoms with van der Waals surface area (Å²) in [6.45, 7) is 4.09. The van der Waals surface area contributed by atoms with E-state index in [1.807, 2.05) is 13.0 Å². The van der Waals surface area contributed by atoms with Crippen molar-refractivity contribution in [3.8, 4) is 0 Å². The van der Waals surface area contributed by atoms with Gasteiger partial charge in [-0.1, -0.05) is 6.07 Å². The molecule has 0 saturated carbocycles. The molecule has 0 radical (unpaired) electrons. The van der Waals surface area contributed by atoms with Crippen LogP contribution >= 0.6 is 0 Å². The number of hydrogen-bond donors (Lipinski definition) is 4. The van der Waals surface area contributed by atoms with Gasteiger partial charge in [0.15, 0.2) is 5.65 Å². The largest absolute Gasteiger partial charge is 0.384 e. The molecule has 1 aromatic carbocycles. The van der Waals surface area contributed by atoms with Crippen molar-refractivity contribution in [1.29, 1.82) is 0 Å². The third kappa shape index (κ3) is 2.95. The number of nitrogens with one attached hydrogen (secondary N) is 2. The molecule has 1 aliphatic rings. The van der Waals surface area contributed by atoms with E-state index in [0.717, 1.165) is 25.2 Å². The number of benzene rings is 1. The molecule has 28 heavy (non-hydrogen) atoms. The van der Waals surface area contributed by atoms with E-state index in [1.165, 1.54) is 17.3 Å². The Kier molecular flexibility index (Phi) is 4.44. The lowest BCUT2D eigenvalue weighted by atomic mass is 10.0. The number of rotatable bonds is 4. The summed E-state index contributed by atoms with van der Waals surface area (Å²) in [5, 5.41) is 6.73. The highest BCUT2D eigenvalue weighted by atomic mass is 16.2. The second-order valence-electron chi connectivity index (χ2n) is 6.66. The molecule has 0 aliphatic carbocycles. The lowest BCUT2D eigenvalue weighted by Gasteiger charge is -2.18. The number of anilines is 3. The summed E-state index contributed by atoms with van der Waals surface area (Å²) in [4.78, 5) is 33.0. The highest BCUT2D eigenvalue weighted by Crippen LogP contribution is 2.22. The molecule has 0 spiro atoms. The van der Waals surface area contributed by atoms with E-state index in [1.54, 1.807) is 4.57 Å². The molecule has 0 fully saturated rings. The molecule has 1 aliphatic heterocycles. The number of amides is 1. The summed E-state index contributed by atoms with van der Waals surface area (Å²) in [6.07, 6.45) is 2.36. The van der Waals surface area contributed by atoms with Gasteiger partial charge in [0, 0.05) is 25.0 Å². The van der Waals surface area contributed by atoms with Crippen LogP contribution < -0.4 is 27.5 Å². The van der Waals surface area contributed by atoms with Crippen molar-refractivity contribution < 1.29 is 4.79 Å². The lowest BCUT2D eigenvalue weighted by molar-refractivity contribution is 0.1000. The molecule has 3 heterocycles. The zero-order chi connectivity index (χ0) is 19.8. The molecule has 4 rings (SSSR count). The lowest BCUT2D eigenvalue weighted by Crippen LogP contribution is -2.28. The van der Waals surface area contributed by atoms with Crippen LogP contribution in [0.1, 0.15) is 28.4 Å². The molecule has 0 unspecified atom stereocenters. The van der Waals surface area contributed by atoms with Crippen molar-refractivity contribution in [2.24, 2.45) is 5.73 Å². The molecule has 144 valence electrons. The number of nitrogen functional groups attached to an aromatic ring is 1. The Morgan fingerprint density at radius 3 is 2.93 bits per heavy atom. The van der Waals surface area contributed by atoms with Crippen LogP contribution in [0.2, 0.25) is 0 Å². The minimum Gasteiger partial charge on any atom is -0.384 e. The summed E-state index contributed by atoms with van der Waals surface area (Å²) >= 11 is 0. The summed E-state index contributed by atoms with van der Waals surface area (Å²) < 4.78 is 1.59. The molecule has 2 aromatic heterocycles. The van der Waals surface area contributed by atoms with Crippen LogP contribution in [0.3, 0.4) is 0 Å². The van der Waals surface area contributed by atoms with Crippen molar-refractivity contribution in [2.75, 3.05) is 17.6 Å². The maximum Gasteiger partial charge on any atom is 0.256 e. The van der Waals surface area contributed by atoms with Gasteiger partial charge in [-0.25, -0.2) is 4.98 Å². The zero-order valence-corrected chi connectivity index (χ0v) is 15.5. The third-order valence-electron chi connectivity index (χ3n) is 4.95. The van der Waals surface area contributed by atoms with Crippen LogP contribution in [0.5, 0.6) is 0 Å². The molecule has 9 heteroatoms. The monoisotopic (exact) mass is 379 g/mol. The third-order valence-corrected chi connectivity index (χ3v) is 4.95. The Labute approximate surface area is 160 Å². The van der Waals surface area contributed by atoms with E-state index in [9.17, 15) is 9.59 Å². The van der Waals surface area contributed by atoms with Gasteiger partial charge in [-0.2, -0.15) is 4.98 Å². The number of aromatic nitrogens is 3. The van der Waals surface area contributed by atoms with E-state index in [0.29, 0.717) is 18.1 Å². The van der Waals surface area contributed by atoms with Gasteiger partial charge in [-0.3, -0.25) is 9.59 Å². The average Bonchev–Trinajstić information content (AvgIpc) is 2.68. The summed E-state index contributed by atoms with van der Waals surface area (Å²) in [5.74, 6) is -0.509. The number of hydrogen-bond acceptors (Lipinski definition) is 7. The van der Waals surface area contributed by atoms with Crippen molar-refractivity contribution in [1.82, 2.24) is 19.9 Å². The number of fused-ring (bicyclic) bond motifs is 2. The Bertz CT molecular complexity index is 1150. The maximum atomic E-state index is 12.6. The Hall–Kier alpha value is -3.46. The molecule has 9 nitrogen and oxygen atoms in total. The van der Waals surface area contributed by atoms with Crippen LogP contribution in [0.25, 0.3) is 11.0 Å². The molecule has 6 N–H and O–H groups in total. The molecular formula is C19H21N7O2. The minimum atomic E-state index is -0.864. The molecular weight excluding hydrogens is 358 g/mol. The van der Waals surface area contributed by atoms with Gasteiger partial charge < -0.3 is 26.7 Å². The van der Waals surface area contributed by atoms with Crippen LogP contribution in [0, 0.1) is 0 Å². The van der Waals surface area contributed by atoms with E-state index < -0.39 is 11.3 Å². The molecule has 3 aromatic rings. The van der Waals surface area contributed by atoms with Crippen LogP contribution in [-0.2, 0) is 19.5 Å². The standard InChI is InChI=1S/C19H21N7O2/c1-2-26-16(20)14(17(21)28)15(27)13-9-23-19(25-18(13)26)24-12-4-3-11-8-22-6-5-10(11)7-12/h3-4,7,9,22H,2,5-6,8,20H2,1H3,(H2,21,28)(H,23,24,25). The van der Waals surface area contributed by atoms with Crippen molar-refractivity contribution >= 4 is 34.4 Å². The van der Waals surface area contributed by atoms with Crippen LogP contribution in [-0.4, -0.2) is 27.0 Å². The van der Waals surface area contributed by atoms with Crippen molar-refractivity contribution in [3.63, 3.8) is 0 Å². The number of primary amides is 1. The Morgan fingerprint density at radius 2 is 2.18 bits per heavy atom. The number of pyridine rings is 1. The smallest absolute Gasteiger partial charge is 0.256 e. The number of carbonyl (C=O) groups excluding carboxylic acids is 1. The SMILES string of the molecule is CCn1c(N)c(C(N)=O)c(=O)c2cnc(Nc3ccc4c(c3)CCNC4)nc21. The predicted octanol–water partition coefficient (Wildman–Crippen LogP) is 0.882. The van der Waals surface area contributed by atoms with Gasteiger partial charge >= 0.3 is 0 Å². The first-order chi connectivity index (χ1) is 13.5. The quantitative estimate of drug-likeness (QED) is 0.527. The van der Waals surface area contributed by atoms with Gasteiger partial charge in [0.05, 0.1) is 5.39 Å². The topological polar surface area (TPSA) is 141 Å². The summed E-state index contributed by atoms with van der Waals surface area (Å²) in [6, 6.07) is 6.13. The Balaban J connectivity index is 1.79. The molecule has 0 bridgehead atoms. The number of carbonyl (C=O) groups is 1. The van der Waals surface area contributed by atoms with Crippen LogP contribution in [0.15, 0.2) is 29.2 Å². The van der Waals surface area contributed by atoms with Gasteiger partial charge in [-0.05, 0) is 43.1 Å². The zero-order valence-electron chi connectivity index (χ0n) is 15.5.